The van der Waals surface area contributed by atoms with Crippen LogP contribution in [0.4, 0.5) is 0 Å². The van der Waals surface area contributed by atoms with Crippen molar-refractivity contribution >= 4 is 8.32 Å². The third-order valence-electron chi connectivity index (χ3n) is 4.96. The van der Waals surface area contributed by atoms with E-state index in [4.69, 9.17) is 4.43 Å². The highest BCUT2D eigenvalue weighted by molar-refractivity contribution is 6.74. The van der Waals surface area contributed by atoms with Crippen molar-refractivity contribution in [3.8, 4) is 0 Å². The summed E-state index contributed by atoms with van der Waals surface area (Å²) < 4.78 is 6.34. The quantitative estimate of drug-likeness (QED) is 0.625. The van der Waals surface area contributed by atoms with Crippen LogP contribution >= 0.6 is 0 Å². The zero-order valence-corrected chi connectivity index (χ0v) is 16.5. The number of hydrogen-bond donors (Lipinski definition) is 0. The largest absolute Gasteiger partial charge is 0.417 e. The molecule has 119 valence electrons. The zero-order chi connectivity index (χ0) is 16.5. The number of rotatable bonds is 5. The van der Waals surface area contributed by atoms with E-state index in [9.17, 15) is 0 Å². The van der Waals surface area contributed by atoms with Gasteiger partial charge < -0.3 is 4.43 Å². The van der Waals surface area contributed by atoms with Gasteiger partial charge in [0.2, 0.25) is 0 Å². The van der Waals surface area contributed by atoms with Crippen molar-refractivity contribution in [3.63, 3.8) is 0 Å². The fourth-order valence-corrected chi connectivity index (χ4v) is 3.43. The summed E-state index contributed by atoms with van der Waals surface area (Å²) >= 11 is 0. The fourth-order valence-electron chi connectivity index (χ4n) is 2.39. The van der Waals surface area contributed by atoms with E-state index in [1.165, 1.54) is 16.7 Å². The summed E-state index contributed by atoms with van der Waals surface area (Å²) in [5, 5.41) is 0.281. The topological polar surface area (TPSA) is 9.23 Å². The lowest BCUT2D eigenvalue weighted by molar-refractivity contribution is 0.250. The molecule has 1 radical (unpaired) electrons. The van der Waals surface area contributed by atoms with E-state index in [1.54, 1.807) is 0 Å². The second-order valence-corrected chi connectivity index (χ2v) is 13.3. The Labute approximate surface area is 133 Å². The summed E-state index contributed by atoms with van der Waals surface area (Å²) in [6.45, 7) is 21.3. The molecule has 2 heteroatoms. The van der Waals surface area contributed by atoms with Crippen molar-refractivity contribution in [2.75, 3.05) is 6.61 Å². The van der Waals surface area contributed by atoms with Crippen LogP contribution in [0, 0.1) is 19.9 Å². The fraction of sp³-hybridized carbons (Fsp3) is 0.684. The molecule has 1 aromatic carbocycles. The van der Waals surface area contributed by atoms with Gasteiger partial charge in [0, 0.05) is 6.61 Å². The number of aryl methyl sites for hydroxylation is 2. The first-order valence-corrected chi connectivity index (χ1v) is 10.9. The highest BCUT2D eigenvalue weighted by Gasteiger charge is 2.37. The van der Waals surface area contributed by atoms with Crippen LogP contribution in [0.2, 0.25) is 18.1 Å². The van der Waals surface area contributed by atoms with E-state index in [0.717, 1.165) is 13.0 Å². The Hall–Kier alpha value is -0.603. The molecule has 1 aromatic rings. The maximum Gasteiger partial charge on any atom is 0.191 e. The molecule has 0 atom stereocenters. The molecule has 0 amide bonds. The molecule has 0 aromatic heterocycles. The minimum Gasteiger partial charge on any atom is -0.417 e. The van der Waals surface area contributed by atoms with Gasteiger partial charge in [0.15, 0.2) is 8.32 Å². The molecule has 21 heavy (non-hydrogen) atoms. The summed E-state index contributed by atoms with van der Waals surface area (Å²) in [5.41, 5.74) is 4.06. The van der Waals surface area contributed by atoms with E-state index < -0.39 is 8.32 Å². The third-order valence-corrected chi connectivity index (χ3v) is 9.49. The Bertz CT molecular complexity index is 481. The van der Waals surface area contributed by atoms with Gasteiger partial charge in [-0.2, -0.15) is 0 Å². The number of benzene rings is 1. The third kappa shape index (κ3) is 4.69. The van der Waals surface area contributed by atoms with Crippen molar-refractivity contribution < 1.29 is 4.43 Å². The summed E-state index contributed by atoms with van der Waals surface area (Å²) in [4.78, 5) is 0. The van der Waals surface area contributed by atoms with Crippen molar-refractivity contribution in [2.24, 2.45) is 0 Å². The van der Waals surface area contributed by atoms with Crippen molar-refractivity contribution in [1.29, 1.82) is 0 Å². The molecule has 0 spiro atoms. The zero-order valence-electron chi connectivity index (χ0n) is 15.5. The SMILES string of the molecule is Cc1c[c]c(C(C)(C)CCO[Si](C)(C)C(C)(C)C)c(C)c1. The highest BCUT2D eigenvalue weighted by Crippen LogP contribution is 2.37. The molecule has 0 saturated heterocycles. The van der Waals surface area contributed by atoms with Crippen LogP contribution < -0.4 is 0 Å². The maximum absolute atomic E-state index is 6.34. The molecular weight excluding hydrogens is 272 g/mol. The van der Waals surface area contributed by atoms with E-state index >= 15 is 0 Å². The average Bonchev–Trinajstić information content (AvgIpc) is 2.25. The Morgan fingerprint density at radius 2 is 1.67 bits per heavy atom. The highest BCUT2D eigenvalue weighted by atomic mass is 28.4. The predicted octanol–water partition coefficient (Wildman–Crippen LogP) is 5.79. The lowest BCUT2D eigenvalue weighted by atomic mass is 9.79. The minimum atomic E-state index is -1.64. The molecule has 0 bridgehead atoms. The molecule has 0 aliphatic carbocycles. The van der Waals surface area contributed by atoms with Gasteiger partial charge in [-0.05, 0) is 61.0 Å². The van der Waals surface area contributed by atoms with Gasteiger partial charge >= 0.3 is 0 Å². The Morgan fingerprint density at radius 3 is 2.14 bits per heavy atom. The summed E-state index contributed by atoms with van der Waals surface area (Å²) in [6, 6.07) is 7.83. The molecule has 0 aliphatic heterocycles. The van der Waals surface area contributed by atoms with Crippen LogP contribution in [0.3, 0.4) is 0 Å². The van der Waals surface area contributed by atoms with Crippen molar-refractivity contribution in [3.05, 3.63) is 34.9 Å². The van der Waals surface area contributed by atoms with Gasteiger partial charge in [0.1, 0.15) is 0 Å². The molecule has 1 nitrogen and oxygen atoms in total. The van der Waals surface area contributed by atoms with E-state index in [0.29, 0.717) is 0 Å². The van der Waals surface area contributed by atoms with Gasteiger partial charge in [-0.15, -0.1) is 0 Å². The van der Waals surface area contributed by atoms with Gasteiger partial charge in [-0.25, -0.2) is 0 Å². The van der Waals surface area contributed by atoms with E-state index in [2.05, 4.69) is 79.8 Å². The van der Waals surface area contributed by atoms with Crippen LogP contribution in [-0.2, 0) is 9.84 Å². The molecular formula is C19H33OSi. The smallest absolute Gasteiger partial charge is 0.191 e. The molecule has 0 fully saturated rings. The maximum atomic E-state index is 6.34. The minimum absolute atomic E-state index is 0.111. The monoisotopic (exact) mass is 305 g/mol. The van der Waals surface area contributed by atoms with Crippen LogP contribution in [0.15, 0.2) is 12.1 Å². The van der Waals surface area contributed by atoms with Crippen LogP contribution in [0.1, 0.15) is 57.7 Å². The first-order chi connectivity index (χ1) is 9.37. The summed E-state index contributed by atoms with van der Waals surface area (Å²) in [7, 11) is -1.64. The van der Waals surface area contributed by atoms with Crippen molar-refractivity contribution in [2.45, 2.75) is 78.4 Å². The molecule has 1 rings (SSSR count). The van der Waals surface area contributed by atoms with Gasteiger partial charge in [-0.1, -0.05) is 52.3 Å². The Kier molecular flexibility index (Phi) is 5.49. The molecule has 0 N–H and O–H groups in total. The normalized spacial score (nSPS) is 13.6. The van der Waals surface area contributed by atoms with E-state index in [1.807, 2.05) is 0 Å². The molecule has 0 saturated carbocycles. The first-order valence-electron chi connectivity index (χ1n) is 8.00. The molecule has 0 unspecified atom stereocenters. The van der Waals surface area contributed by atoms with Crippen LogP contribution in [0.25, 0.3) is 0 Å². The second-order valence-electron chi connectivity index (χ2n) is 8.48. The summed E-state index contributed by atoms with van der Waals surface area (Å²) in [5.74, 6) is 0. The lowest BCUT2D eigenvalue weighted by Gasteiger charge is -2.37. The predicted molar refractivity (Wildman–Crippen MR) is 95.5 cm³/mol. The lowest BCUT2D eigenvalue weighted by Crippen LogP contribution is -2.41. The van der Waals surface area contributed by atoms with Gasteiger partial charge in [0.05, 0.1) is 0 Å². The van der Waals surface area contributed by atoms with Gasteiger partial charge in [-0.3, -0.25) is 0 Å². The molecule has 0 heterocycles. The van der Waals surface area contributed by atoms with E-state index in [-0.39, 0.29) is 10.5 Å². The van der Waals surface area contributed by atoms with Gasteiger partial charge in [0.25, 0.3) is 0 Å². The molecule has 0 aliphatic rings. The average molecular weight is 306 g/mol. The first kappa shape index (κ1) is 18.4. The van der Waals surface area contributed by atoms with Crippen molar-refractivity contribution in [1.82, 2.24) is 0 Å². The Morgan fingerprint density at radius 1 is 1.10 bits per heavy atom. The second kappa shape index (κ2) is 6.25. The standard InChI is InChI=1S/C19H33OSi/c1-15-10-11-17(16(2)14-15)19(6,7)12-13-20-21(8,9)18(3,4)5/h10,14H,12-13H2,1-9H3. The summed E-state index contributed by atoms with van der Waals surface area (Å²) in [6.07, 6.45) is 1.04. The van der Waals surface area contributed by atoms with Crippen LogP contribution in [-0.4, -0.2) is 14.9 Å². The van der Waals surface area contributed by atoms with Crippen LogP contribution in [0.5, 0.6) is 0 Å². The Balaban J connectivity index is 2.74. The number of hydrogen-bond acceptors (Lipinski definition) is 1.